The van der Waals surface area contributed by atoms with E-state index in [2.05, 4.69) is 5.10 Å². The van der Waals surface area contributed by atoms with E-state index in [0.29, 0.717) is 0 Å². The molecule has 0 atom stereocenters. The Hall–Kier alpha value is -3.70. The Morgan fingerprint density at radius 3 is 1.52 bits per heavy atom. The van der Waals surface area contributed by atoms with Gasteiger partial charge in [0.05, 0.1) is 6.61 Å². The number of benzene rings is 3. The van der Waals surface area contributed by atoms with E-state index < -0.39 is 18.1 Å². The van der Waals surface area contributed by atoms with Crippen LogP contribution in [0.25, 0.3) is 0 Å². The van der Waals surface area contributed by atoms with Gasteiger partial charge in [-0.1, -0.05) is 91.0 Å². The number of aromatic carboxylic acids is 1. The minimum Gasteiger partial charge on any atom is -0.476 e. The summed E-state index contributed by atoms with van der Waals surface area (Å²) in [7, 11) is 0. The molecule has 5 heteroatoms. The van der Waals surface area contributed by atoms with E-state index in [1.165, 1.54) is 0 Å². The third-order valence-corrected chi connectivity index (χ3v) is 5.08. The average molecular weight is 384 g/mol. The van der Waals surface area contributed by atoms with Crippen molar-refractivity contribution in [3.05, 3.63) is 125 Å². The van der Waals surface area contributed by atoms with Gasteiger partial charge in [0.2, 0.25) is 0 Å². The Morgan fingerprint density at radius 2 is 1.21 bits per heavy atom. The molecular formula is C24H20N2O3. The van der Waals surface area contributed by atoms with Crippen LogP contribution < -0.4 is 0 Å². The molecule has 0 radical (unpaired) electrons. The van der Waals surface area contributed by atoms with Gasteiger partial charge in [-0.3, -0.25) is 4.68 Å². The molecule has 0 spiro atoms. The van der Waals surface area contributed by atoms with Crippen LogP contribution in [-0.2, 0) is 12.1 Å². The molecule has 1 aromatic heterocycles. The number of aromatic nitrogens is 2. The number of carboxylic acid groups (broad SMARTS) is 1. The molecular weight excluding hydrogens is 364 g/mol. The second kappa shape index (κ2) is 7.73. The van der Waals surface area contributed by atoms with Crippen molar-refractivity contribution in [3.63, 3.8) is 0 Å². The molecule has 0 aliphatic rings. The summed E-state index contributed by atoms with van der Waals surface area (Å²) in [5, 5.41) is 23.8. The van der Waals surface area contributed by atoms with Crippen LogP contribution in [0, 0.1) is 0 Å². The minimum atomic E-state index is -1.17. The normalized spacial score (nSPS) is 11.3. The Morgan fingerprint density at radius 1 is 0.793 bits per heavy atom. The van der Waals surface area contributed by atoms with Crippen LogP contribution >= 0.6 is 0 Å². The summed E-state index contributed by atoms with van der Waals surface area (Å²) < 4.78 is 1.65. The fourth-order valence-electron chi connectivity index (χ4n) is 3.81. The number of rotatable bonds is 6. The van der Waals surface area contributed by atoms with Crippen molar-refractivity contribution >= 4 is 5.97 Å². The van der Waals surface area contributed by atoms with Crippen LogP contribution in [0.15, 0.2) is 97.2 Å². The third-order valence-electron chi connectivity index (χ3n) is 5.08. The van der Waals surface area contributed by atoms with E-state index in [1.54, 1.807) is 10.9 Å². The first-order valence-corrected chi connectivity index (χ1v) is 9.27. The molecule has 3 aromatic carbocycles. The van der Waals surface area contributed by atoms with Gasteiger partial charge in [0.25, 0.3) is 0 Å². The van der Waals surface area contributed by atoms with Crippen molar-refractivity contribution < 1.29 is 15.0 Å². The SMILES string of the molecule is O=C(O)c1nn(C(c2ccccc2)(c2ccccc2)c2ccccc2)cc1CO. The van der Waals surface area contributed by atoms with E-state index >= 15 is 0 Å². The lowest BCUT2D eigenvalue weighted by Gasteiger charge is -2.36. The van der Waals surface area contributed by atoms with Gasteiger partial charge in [-0.25, -0.2) is 4.79 Å². The molecule has 0 aliphatic carbocycles. The van der Waals surface area contributed by atoms with Gasteiger partial charge in [0.1, 0.15) is 5.54 Å². The predicted molar refractivity (Wildman–Crippen MR) is 110 cm³/mol. The Kier molecular flexibility index (Phi) is 4.97. The molecule has 0 saturated carbocycles. The van der Waals surface area contributed by atoms with Gasteiger partial charge in [0, 0.05) is 11.8 Å². The number of hydrogen-bond donors (Lipinski definition) is 2. The highest BCUT2D eigenvalue weighted by molar-refractivity contribution is 5.87. The summed E-state index contributed by atoms with van der Waals surface area (Å²) in [5.41, 5.74) is 2.01. The molecule has 0 saturated heterocycles. The Balaban J connectivity index is 2.13. The van der Waals surface area contributed by atoms with Crippen molar-refractivity contribution in [2.75, 3.05) is 0 Å². The van der Waals surface area contributed by atoms with Crippen LogP contribution in [0.3, 0.4) is 0 Å². The zero-order chi connectivity index (χ0) is 20.3. The molecule has 29 heavy (non-hydrogen) atoms. The van der Waals surface area contributed by atoms with E-state index in [4.69, 9.17) is 0 Å². The quantitative estimate of drug-likeness (QED) is 0.494. The van der Waals surface area contributed by atoms with Gasteiger partial charge in [-0.15, -0.1) is 0 Å². The van der Waals surface area contributed by atoms with Crippen LogP contribution in [0.2, 0.25) is 0 Å². The highest BCUT2D eigenvalue weighted by atomic mass is 16.4. The summed E-state index contributed by atoms with van der Waals surface area (Å²) in [4.78, 5) is 11.7. The molecule has 5 nitrogen and oxygen atoms in total. The fraction of sp³-hybridized carbons (Fsp3) is 0.0833. The minimum absolute atomic E-state index is 0.153. The lowest BCUT2D eigenvalue weighted by Crippen LogP contribution is -2.38. The molecule has 4 rings (SSSR count). The lowest BCUT2D eigenvalue weighted by molar-refractivity contribution is 0.0685. The average Bonchev–Trinajstić information content (AvgIpc) is 3.22. The van der Waals surface area contributed by atoms with E-state index in [9.17, 15) is 15.0 Å². The summed E-state index contributed by atoms with van der Waals surface area (Å²) in [6.07, 6.45) is 1.62. The summed E-state index contributed by atoms with van der Waals surface area (Å²) in [6, 6.07) is 29.5. The first-order chi connectivity index (χ1) is 14.2. The largest absolute Gasteiger partial charge is 0.476 e. The molecule has 0 amide bonds. The van der Waals surface area contributed by atoms with Crippen molar-refractivity contribution in [1.29, 1.82) is 0 Å². The first-order valence-electron chi connectivity index (χ1n) is 9.27. The van der Waals surface area contributed by atoms with Crippen LogP contribution in [0.4, 0.5) is 0 Å². The van der Waals surface area contributed by atoms with Crippen molar-refractivity contribution in [2.45, 2.75) is 12.1 Å². The van der Waals surface area contributed by atoms with E-state index in [-0.39, 0.29) is 11.3 Å². The number of carbonyl (C=O) groups is 1. The maximum Gasteiger partial charge on any atom is 0.356 e. The topological polar surface area (TPSA) is 75.3 Å². The zero-order valence-electron chi connectivity index (χ0n) is 15.6. The number of carboxylic acids is 1. The monoisotopic (exact) mass is 384 g/mol. The fourth-order valence-corrected chi connectivity index (χ4v) is 3.81. The number of hydrogen-bond acceptors (Lipinski definition) is 3. The molecule has 2 N–H and O–H groups in total. The molecule has 0 fully saturated rings. The summed E-state index contributed by atoms with van der Waals surface area (Å²) >= 11 is 0. The number of nitrogens with zero attached hydrogens (tertiary/aromatic N) is 2. The zero-order valence-corrected chi connectivity index (χ0v) is 15.6. The smallest absolute Gasteiger partial charge is 0.356 e. The first kappa shape index (κ1) is 18.7. The maximum absolute atomic E-state index is 11.7. The molecule has 0 aliphatic heterocycles. The number of aliphatic hydroxyl groups excluding tert-OH is 1. The highest BCUT2D eigenvalue weighted by Gasteiger charge is 2.40. The van der Waals surface area contributed by atoms with Crippen molar-refractivity contribution in [2.24, 2.45) is 0 Å². The molecule has 0 unspecified atom stereocenters. The van der Waals surface area contributed by atoms with Gasteiger partial charge in [-0.2, -0.15) is 5.10 Å². The molecule has 144 valence electrons. The third kappa shape index (κ3) is 3.11. The predicted octanol–water partition coefficient (Wildman–Crippen LogP) is 3.91. The number of aliphatic hydroxyl groups is 1. The van der Waals surface area contributed by atoms with Crippen molar-refractivity contribution in [3.8, 4) is 0 Å². The van der Waals surface area contributed by atoms with Crippen LogP contribution in [-0.4, -0.2) is 26.0 Å². The lowest BCUT2D eigenvalue weighted by atomic mass is 9.77. The molecule has 4 aromatic rings. The molecule has 1 heterocycles. The van der Waals surface area contributed by atoms with Gasteiger partial charge in [0.15, 0.2) is 5.69 Å². The molecule has 0 bridgehead atoms. The van der Waals surface area contributed by atoms with Crippen LogP contribution in [0.5, 0.6) is 0 Å². The Bertz CT molecular complexity index is 1010. The second-order valence-electron chi connectivity index (χ2n) is 6.72. The van der Waals surface area contributed by atoms with E-state index in [1.807, 2.05) is 91.0 Å². The summed E-state index contributed by atoms with van der Waals surface area (Å²) in [6.45, 7) is -0.407. The van der Waals surface area contributed by atoms with Crippen LogP contribution in [0.1, 0.15) is 32.7 Å². The van der Waals surface area contributed by atoms with E-state index in [0.717, 1.165) is 16.7 Å². The standard InChI is InChI=1S/C24H20N2O3/c27-17-18-16-26(25-22(18)23(28)29)24(19-10-4-1-5-11-19,20-12-6-2-7-13-20)21-14-8-3-9-15-21/h1-16,27H,17H2,(H,28,29). The second-order valence-corrected chi connectivity index (χ2v) is 6.72. The summed E-state index contributed by atoms with van der Waals surface area (Å²) in [5.74, 6) is -1.17. The maximum atomic E-state index is 11.7. The van der Waals surface area contributed by atoms with Gasteiger partial charge >= 0.3 is 5.97 Å². The van der Waals surface area contributed by atoms with Gasteiger partial charge < -0.3 is 10.2 Å². The Labute approximate surface area is 168 Å². The highest BCUT2D eigenvalue weighted by Crippen LogP contribution is 2.40. The van der Waals surface area contributed by atoms with Gasteiger partial charge in [-0.05, 0) is 16.7 Å². The van der Waals surface area contributed by atoms with Crippen molar-refractivity contribution in [1.82, 2.24) is 9.78 Å².